The van der Waals surface area contributed by atoms with Gasteiger partial charge in [0.15, 0.2) is 5.75 Å². The molecule has 1 aromatic heterocycles. The third-order valence-corrected chi connectivity index (χ3v) is 6.46. The predicted molar refractivity (Wildman–Crippen MR) is 151 cm³/mol. The second kappa shape index (κ2) is 14.2. The van der Waals surface area contributed by atoms with E-state index in [4.69, 9.17) is 77.0 Å². The summed E-state index contributed by atoms with van der Waals surface area (Å²) in [5.41, 5.74) is -0.988. The van der Waals surface area contributed by atoms with Crippen LogP contribution in [0.5, 0.6) is 28.9 Å². The molecule has 0 amide bonds. The number of benzene rings is 2. The summed E-state index contributed by atoms with van der Waals surface area (Å²) < 4.78 is 61.7. The van der Waals surface area contributed by atoms with Gasteiger partial charge >= 0.3 is 6.18 Å². The maximum atomic E-state index is 12.8. The lowest BCUT2D eigenvalue weighted by Gasteiger charge is -2.13. The smallest absolute Gasteiger partial charge is 0.417 e. The quantitative estimate of drug-likeness (QED) is 0.145. The van der Waals surface area contributed by atoms with Crippen molar-refractivity contribution in [3.05, 3.63) is 77.4 Å². The van der Waals surface area contributed by atoms with Gasteiger partial charge in [-0.05, 0) is 52.9 Å². The van der Waals surface area contributed by atoms with Gasteiger partial charge in [-0.15, -0.1) is 0 Å². The van der Waals surface area contributed by atoms with Crippen molar-refractivity contribution in [3.63, 3.8) is 0 Å². The normalized spacial score (nSPS) is 11.2. The van der Waals surface area contributed by atoms with Gasteiger partial charge in [0, 0.05) is 24.8 Å². The summed E-state index contributed by atoms with van der Waals surface area (Å²) in [6, 6.07) is 8.71. The third kappa shape index (κ3) is 9.31. The van der Waals surface area contributed by atoms with Crippen LogP contribution in [0.2, 0.25) is 15.1 Å². The zero-order valence-electron chi connectivity index (χ0n) is 18.9. The molecule has 0 saturated carbocycles. The maximum absolute atomic E-state index is 12.8. The Kier molecular flexibility index (Phi) is 11.6. The largest absolute Gasteiger partial charge is 0.493 e. The molecule has 0 unspecified atom stereocenters. The van der Waals surface area contributed by atoms with Gasteiger partial charge in [-0.2, -0.15) is 13.2 Å². The molecule has 0 N–H and O–H groups in total. The highest BCUT2D eigenvalue weighted by molar-refractivity contribution is 14.1. The first kappa shape index (κ1) is 31.0. The molecule has 0 aliphatic rings. The van der Waals surface area contributed by atoms with Crippen LogP contribution in [0.3, 0.4) is 0 Å². The molecular weight excluding hydrogens is 727 g/mol. The summed E-state index contributed by atoms with van der Waals surface area (Å²) in [6.45, 7) is 0.834. The Hall–Kier alpha value is -1.50. The zero-order valence-corrected chi connectivity index (χ0v) is 24.9. The second-order valence-corrected chi connectivity index (χ2v) is 10.7. The monoisotopic (exact) mass is 741 g/mol. The fraction of sp³-hybridized carbons (Fsp3) is 0.208. The molecule has 0 saturated heterocycles. The highest BCUT2D eigenvalue weighted by Gasteiger charge is 2.32. The topological polar surface area (TPSA) is 49.8 Å². The second-order valence-electron chi connectivity index (χ2n) is 7.27. The van der Waals surface area contributed by atoms with Crippen LogP contribution in [-0.2, 0) is 6.18 Å². The molecule has 14 heteroatoms. The van der Waals surface area contributed by atoms with E-state index in [-0.39, 0.29) is 32.8 Å². The predicted octanol–water partition coefficient (Wildman–Crippen LogP) is 10.0. The average molecular weight is 744 g/mol. The van der Waals surface area contributed by atoms with E-state index in [1.54, 1.807) is 18.2 Å². The van der Waals surface area contributed by atoms with Crippen LogP contribution in [-0.4, -0.2) is 24.8 Å². The van der Waals surface area contributed by atoms with Gasteiger partial charge in [0.2, 0.25) is 5.88 Å². The Morgan fingerprint density at radius 1 is 0.895 bits per heavy atom. The fourth-order valence-electron chi connectivity index (χ4n) is 2.80. The Morgan fingerprint density at radius 2 is 1.61 bits per heavy atom. The van der Waals surface area contributed by atoms with Gasteiger partial charge in [-0.25, -0.2) is 4.98 Å². The van der Waals surface area contributed by atoms with E-state index in [0.29, 0.717) is 48.1 Å². The van der Waals surface area contributed by atoms with Gasteiger partial charge in [0.25, 0.3) is 0 Å². The molecule has 0 bridgehead atoms. The van der Waals surface area contributed by atoms with Gasteiger partial charge in [-0.3, -0.25) is 0 Å². The van der Waals surface area contributed by atoms with Crippen molar-refractivity contribution < 1.29 is 32.1 Å². The van der Waals surface area contributed by atoms with E-state index >= 15 is 0 Å². The summed E-state index contributed by atoms with van der Waals surface area (Å²) in [5, 5.41) is 0.240. The average Bonchev–Trinajstić information content (AvgIpc) is 2.82. The number of hydrogen-bond acceptors (Lipinski definition) is 5. The maximum Gasteiger partial charge on any atom is 0.417 e. The van der Waals surface area contributed by atoms with Crippen LogP contribution < -0.4 is 18.9 Å². The molecule has 3 rings (SSSR count). The van der Waals surface area contributed by atoms with E-state index < -0.39 is 11.7 Å². The lowest BCUT2D eigenvalue weighted by Crippen LogP contribution is -2.06. The number of pyridine rings is 1. The van der Waals surface area contributed by atoms with Crippen LogP contribution in [0.4, 0.5) is 13.2 Å². The Balaban J connectivity index is 1.49. The van der Waals surface area contributed by atoms with Gasteiger partial charge in [-0.1, -0.05) is 58.0 Å². The summed E-state index contributed by atoms with van der Waals surface area (Å²) in [6.07, 6.45) is -1.90. The molecule has 0 spiro atoms. The summed E-state index contributed by atoms with van der Waals surface area (Å²) >= 11 is 31.6. The van der Waals surface area contributed by atoms with Crippen LogP contribution >= 0.6 is 80.6 Å². The standard InChI is InChI=1S/C24H16Cl5F3INO4/c25-16-9-14(2-3-20(16)38-23-18(27)8-13(12-34-23)24(30,31)32)35-5-1-6-37-22-17(26)10-15(11-19(22)33)36-7-4-21(28)29/h2-4,8-12H,1,5-7H2. The highest BCUT2D eigenvalue weighted by Crippen LogP contribution is 2.38. The molecule has 204 valence electrons. The van der Waals surface area contributed by atoms with E-state index in [2.05, 4.69) is 27.6 Å². The SMILES string of the molecule is FC(F)(F)c1cnc(Oc2ccc(OCCCOc3c(Cl)cc(OCC=C(Cl)Cl)cc3I)cc2Cl)c(Cl)c1. The van der Waals surface area contributed by atoms with E-state index in [9.17, 15) is 13.2 Å². The zero-order chi connectivity index (χ0) is 27.9. The molecule has 38 heavy (non-hydrogen) atoms. The number of rotatable bonds is 11. The van der Waals surface area contributed by atoms with Gasteiger partial charge < -0.3 is 18.9 Å². The third-order valence-electron chi connectivity index (χ3n) is 4.51. The molecule has 0 atom stereocenters. The minimum atomic E-state index is -4.57. The van der Waals surface area contributed by atoms with Crippen molar-refractivity contribution in [1.29, 1.82) is 0 Å². The minimum absolute atomic E-state index is 0.111. The number of alkyl halides is 3. The molecule has 5 nitrogen and oxygen atoms in total. The first-order valence-electron chi connectivity index (χ1n) is 10.5. The number of halogens is 9. The molecule has 0 fully saturated rings. The lowest BCUT2D eigenvalue weighted by molar-refractivity contribution is -0.137. The Bertz CT molecular complexity index is 1280. The summed E-state index contributed by atoms with van der Waals surface area (Å²) in [7, 11) is 0. The molecule has 3 aromatic rings. The van der Waals surface area contributed by atoms with Crippen molar-refractivity contribution in [3.8, 4) is 28.9 Å². The van der Waals surface area contributed by atoms with Crippen molar-refractivity contribution >= 4 is 80.6 Å². The minimum Gasteiger partial charge on any atom is -0.493 e. The van der Waals surface area contributed by atoms with Crippen molar-refractivity contribution in [1.82, 2.24) is 4.98 Å². The van der Waals surface area contributed by atoms with Crippen LogP contribution in [0.25, 0.3) is 0 Å². The Morgan fingerprint density at radius 3 is 2.24 bits per heavy atom. The highest BCUT2D eigenvalue weighted by atomic mass is 127. The van der Waals surface area contributed by atoms with Crippen LogP contribution in [0.1, 0.15) is 12.0 Å². The summed E-state index contributed by atoms with van der Waals surface area (Å²) in [4.78, 5) is 3.63. The van der Waals surface area contributed by atoms with Crippen molar-refractivity contribution in [2.45, 2.75) is 12.6 Å². The first-order chi connectivity index (χ1) is 17.9. The number of ether oxygens (including phenoxy) is 4. The first-order valence-corrected chi connectivity index (χ1v) is 13.5. The fourth-order valence-corrected chi connectivity index (χ4v) is 4.51. The molecule has 0 aliphatic heterocycles. The van der Waals surface area contributed by atoms with E-state index in [1.807, 2.05) is 0 Å². The van der Waals surface area contributed by atoms with E-state index in [1.165, 1.54) is 18.2 Å². The van der Waals surface area contributed by atoms with Crippen molar-refractivity contribution in [2.24, 2.45) is 0 Å². The Labute approximate surface area is 254 Å². The van der Waals surface area contributed by atoms with Gasteiger partial charge in [0.1, 0.15) is 33.4 Å². The molecule has 1 heterocycles. The van der Waals surface area contributed by atoms with E-state index in [0.717, 1.165) is 9.64 Å². The van der Waals surface area contributed by atoms with Crippen LogP contribution in [0.15, 0.2) is 53.2 Å². The molecule has 0 aliphatic carbocycles. The molecular formula is C24H16Cl5F3INO4. The molecule has 2 aromatic carbocycles. The number of hydrogen-bond donors (Lipinski definition) is 0. The lowest BCUT2D eigenvalue weighted by atomic mass is 10.3. The summed E-state index contributed by atoms with van der Waals surface area (Å²) in [5.74, 6) is 1.45. The number of nitrogens with zero attached hydrogens (tertiary/aromatic N) is 1. The van der Waals surface area contributed by atoms with Gasteiger partial charge in [0.05, 0.1) is 32.4 Å². The molecule has 0 radical (unpaired) electrons. The van der Waals surface area contributed by atoms with Crippen LogP contribution in [0, 0.1) is 3.57 Å². The van der Waals surface area contributed by atoms with Crippen molar-refractivity contribution in [2.75, 3.05) is 19.8 Å². The number of aromatic nitrogens is 1.